The van der Waals surface area contributed by atoms with Gasteiger partial charge in [0.15, 0.2) is 0 Å². The topological polar surface area (TPSA) is 117 Å². The van der Waals surface area contributed by atoms with Gasteiger partial charge in [0.1, 0.15) is 23.6 Å². The Kier molecular flexibility index (Phi) is 7.88. The molecule has 4 atom stereocenters. The maximum absolute atomic E-state index is 13.5. The summed E-state index contributed by atoms with van der Waals surface area (Å²) in [6.45, 7) is 3.58. The number of benzene rings is 2. The van der Waals surface area contributed by atoms with Gasteiger partial charge in [0.05, 0.1) is 4.92 Å². The van der Waals surface area contributed by atoms with E-state index in [1.54, 1.807) is 30.3 Å². The Labute approximate surface area is 186 Å². The van der Waals surface area contributed by atoms with Gasteiger partial charge >= 0.3 is 13.7 Å². The lowest BCUT2D eigenvalue weighted by Crippen LogP contribution is -2.39. The van der Waals surface area contributed by atoms with Crippen LogP contribution in [0.15, 0.2) is 54.6 Å². The van der Waals surface area contributed by atoms with E-state index in [1.165, 1.54) is 31.2 Å². The Balaban J connectivity index is 1.74. The quantitative estimate of drug-likeness (QED) is 0.232. The fraction of sp³-hybridized carbons (Fsp3) is 0.409. The molecule has 0 spiro atoms. The number of nitrogens with zero attached hydrogens (tertiary/aromatic N) is 1. The van der Waals surface area contributed by atoms with Gasteiger partial charge in [0.2, 0.25) is 0 Å². The second-order valence-electron chi connectivity index (χ2n) is 7.83. The maximum atomic E-state index is 13.5. The number of para-hydroxylation sites is 1. The SMILES string of the molecule is C[C@H](NP(=O)(Oc1ccccc1)Oc1ccc([N+](=O)[O-])cc1)C(=O)O[C@@H]1CCCC[C@H]1C. The Morgan fingerprint density at radius 2 is 1.66 bits per heavy atom. The highest BCUT2D eigenvalue weighted by Gasteiger charge is 2.35. The van der Waals surface area contributed by atoms with E-state index in [9.17, 15) is 19.5 Å². The van der Waals surface area contributed by atoms with Crippen LogP contribution >= 0.6 is 7.75 Å². The van der Waals surface area contributed by atoms with Crippen molar-refractivity contribution in [3.8, 4) is 11.5 Å². The van der Waals surface area contributed by atoms with Crippen LogP contribution in [0.25, 0.3) is 0 Å². The zero-order chi connectivity index (χ0) is 23.1. The predicted octanol–water partition coefficient (Wildman–Crippen LogP) is 5.26. The van der Waals surface area contributed by atoms with Gasteiger partial charge in [-0.3, -0.25) is 14.9 Å². The zero-order valence-electron chi connectivity index (χ0n) is 18.0. The highest BCUT2D eigenvalue weighted by Crippen LogP contribution is 2.45. The summed E-state index contributed by atoms with van der Waals surface area (Å²) in [7, 11) is -4.10. The van der Waals surface area contributed by atoms with Crippen molar-refractivity contribution in [2.45, 2.75) is 51.7 Å². The van der Waals surface area contributed by atoms with Gasteiger partial charge < -0.3 is 13.8 Å². The first-order valence-electron chi connectivity index (χ1n) is 10.5. The molecule has 1 unspecified atom stereocenters. The van der Waals surface area contributed by atoms with E-state index >= 15 is 0 Å². The van der Waals surface area contributed by atoms with E-state index in [1.807, 2.05) is 0 Å². The van der Waals surface area contributed by atoms with Crippen LogP contribution in [0.1, 0.15) is 39.5 Å². The molecule has 1 fully saturated rings. The third kappa shape index (κ3) is 6.55. The number of rotatable bonds is 9. The number of nitro groups is 1. The summed E-state index contributed by atoms with van der Waals surface area (Å²) in [6, 6.07) is 12.5. The number of carbonyl (C=O) groups excluding carboxylic acids is 1. The average Bonchev–Trinajstić information content (AvgIpc) is 2.76. The number of carbonyl (C=O) groups is 1. The lowest BCUT2D eigenvalue weighted by molar-refractivity contribution is -0.384. The molecule has 1 N–H and O–H groups in total. The average molecular weight is 462 g/mol. The highest BCUT2D eigenvalue weighted by atomic mass is 31.2. The van der Waals surface area contributed by atoms with Crippen molar-refractivity contribution < 1.29 is 28.1 Å². The van der Waals surface area contributed by atoms with Crippen LogP contribution in [-0.4, -0.2) is 23.0 Å². The largest absolute Gasteiger partial charge is 0.513 e. The highest BCUT2D eigenvalue weighted by molar-refractivity contribution is 7.52. The summed E-state index contributed by atoms with van der Waals surface area (Å²) in [6.07, 6.45) is 3.75. The lowest BCUT2D eigenvalue weighted by atomic mass is 9.88. The molecule has 3 rings (SSSR count). The molecule has 1 aliphatic carbocycles. The van der Waals surface area contributed by atoms with Gasteiger partial charge in [0.25, 0.3) is 5.69 Å². The minimum Gasteiger partial charge on any atom is -0.461 e. The molecule has 0 aromatic heterocycles. The number of nitrogens with one attached hydrogen (secondary N) is 1. The smallest absolute Gasteiger partial charge is 0.461 e. The monoisotopic (exact) mass is 462 g/mol. The van der Waals surface area contributed by atoms with Crippen molar-refractivity contribution in [1.29, 1.82) is 0 Å². The predicted molar refractivity (Wildman–Crippen MR) is 119 cm³/mol. The van der Waals surface area contributed by atoms with E-state index < -0.39 is 24.7 Å². The van der Waals surface area contributed by atoms with Gasteiger partial charge in [-0.1, -0.05) is 31.5 Å². The van der Waals surface area contributed by atoms with Crippen molar-refractivity contribution in [2.24, 2.45) is 5.92 Å². The van der Waals surface area contributed by atoms with Crippen molar-refractivity contribution in [1.82, 2.24) is 5.09 Å². The van der Waals surface area contributed by atoms with Crippen LogP contribution in [0, 0.1) is 16.0 Å². The van der Waals surface area contributed by atoms with Gasteiger partial charge in [-0.05, 0) is 56.4 Å². The molecule has 0 saturated heterocycles. The fourth-order valence-electron chi connectivity index (χ4n) is 3.46. The molecule has 1 saturated carbocycles. The summed E-state index contributed by atoms with van der Waals surface area (Å²) in [5, 5.41) is 13.5. The summed E-state index contributed by atoms with van der Waals surface area (Å²) in [5.41, 5.74) is -0.136. The molecule has 10 heteroatoms. The molecule has 32 heavy (non-hydrogen) atoms. The van der Waals surface area contributed by atoms with E-state index in [-0.39, 0.29) is 29.2 Å². The van der Waals surface area contributed by atoms with E-state index in [2.05, 4.69) is 12.0 Å². The van der Waals surface area contributed by atoms with Crippen LogP contribution in [0.2, 0.25) is 0 Å². The van der Waals surface area contributed by atoms with Crippen LogP contribution in [-0.2, 0) is 14.1 Å². The van der Waals surface area contributed by atoms with E-state index in [0.29, 0.717) is 0 Å². The number of hydrogen-bond donors (Lipinski definition) is 1. The number of ether oxygens (including phenoxy) is 1. The molecule has 1 aliphatic rings. The molecule has 2 aromatic carbocycles. The maximum Gasteiger partial charge on any atom is 0.513 e. The molecular weight excluding hydrogens is 435 g/mol. The van der Waals surface area contributed by atoms with Gasteiger partial charge in [0, 0.05) is 12.1 Å². The van der Waals surface area contributed by atoms with E-state index in [0.717, 1.165) is 25.7 Å². The molecule has 0 bridgehead atoms. The van der Waals surface area contributed by atoms with E-state index in [4.69, 9.17) is 13.8 Å². The molecule has 172 valence electrons. The van der Waals surface area contributed by atoms with Crippen molar-refractivity contribution >= 4 is 19.4 Å². The minimum absolute atomic E-state index is 0.0869. The zero-order valence-corrected chi connectivity index (χ0v) is 18.9. The normalized spacial score (nSPS) is 21.1. The van der Waals surface area contributed by atoms with Crippen LogP contribution < -0.4 is 14.1 Å². The van der Waals surface area contributed by atoms with Crippen molar-refractivity contribution in [3.05, 3.63) is 64.7 Å². The Bertz CT molecular complexity index is 968. The molecule has 0 amide bonds. The number of non-ortho nitro benzene ring substituents is 1. The molecule has 2 aromatic rings. The lowest BCUT2D eigenvalue weighted by Gasteiger charge is -2.30. The van der Waals surface area contributed by atoms with Crippen LogP contribution in [0.3, 0.4) is 0 Å². The van der Waals surface area contributed by atoms with Gasteiger partial charge in [-0.2, -0.15) is 5.09 Å². The first-order chi connectivity index (χ1) is 15.3. The number of hydrogen-bond acceptors (Lipinski definition) is 7. The fourth-order valence-corrected chi connectivity index (χ4v) is 4.98. The first-order valence-corrected chi connectivity index (χ1v) is 12.1. The molecule has 0 radical (unpaired) electrons. The minimum atomic E-state index is -4.10. The third-order valence-corrected chi connectivity index (χ3v) is 6.85. The Morgan fingerprint density at radius 3 is 2.25 bits per heavy atom. The summed E-state index contributed by atoms with van der Waals surface area (Å²) >= 11 is 0. The van der Waals surface area contributed by atoms with Crippen LogP contribution in [0.5, 0.6) is 11.5 Å². The number of nitro benzene ring substituents is 1. The first kappa shape index (κ1) is 23.8. The summed E-state index contributed by atoms with van der Waals surface area (Å²) in [5.74, 6) is 0.0760. The standard InChI is InChI=1S/C22H27N2O7P/c1-16-8-6-7-11-21(16)29-22(25)17(2)23-32(28,30-19-9-4-3-5-10-19)31-20-14-12-18(13-15-20)24(26)27/h3-5,9-10,12-17,21H,6-8,11H2,1-2H3,(H,23,28)/t16-,17+,21-,32?/m1/s1. The van der Waals surface area contributed by atoms with Crippen molar-refractivity contribution in [2.75, 3.05) is 0 Å². The van der Waals surface area contributed by atoms with Crippen LogP contribution in [0.4, 0.5) is 5.69 Å². The molecule has 9 nitrogen and oxygen atoms in total. The summed E-state index contributed by atoms with van der Waals surface area (Å²) in [4.78, 5) is 23.0. The summed E-state index contributed by atoms with van der Waals surface area (Å²) < 4.78 is 30.4. The second-order valence-corrected chi connectivity index (χ2v) is 9.45. The molecule has 0 heterocycles. The van der Waals surface area contributed by atoms with Crippen molar-refractivity contribution in [3.63, 3.8) is 0 Å². The Morgan fingerprint density at radius 1 is 1.06 bits per heavy atom. The second kappa shape index (κ2) is 10.6. The molecule has 0 aliphatic heterocycles. The Hall–Kier alpha value is -2.90. The molecular formula is C22H27N2O7P. The van der Waals surface area contributed by atoms with Gasteiger partial charge in [-0.25, -0.2) is 4.57 Å². The number of esters is 1. The third-order valence-electron chi connectivity index (χ3n) is 5.25. The van der Waals surface area contributed by atoms with Gasteiger partial charge in [-0.15, -0.1) is 0 Å².